The van der Waals surface area contributed by atoms with Gasteiger partial charge in [0.1, 0.15) is 11.6 Å². The average molecular weight is 267 g/mol. The molecule has 0 amide bonds. The van der Waals surface area contributed by atoms with Crippen molar-refractivity contribution in [3.05, 3.63) is 51.0 Å². The number of nitrogens with zero attached hydrogens (tertiary/aromatic N) is 1. The zero-order valence-corrected chi connectivity index (χ0v) is 11.4. The number of aromatic nitrogens is 1. The van der Waals surface area contributed by atoms with Gasteiger partial charge in [0.2, 0.25) is 0 Å². The third-order valence-electron chi connectivity index (χ3n) is 2.77. The van der Waals surface area contributed by atoms with Crippen molar-refractivity contribution >= 4 is 11.3 Å². The van der Waals surface area contributed by atoms with Gasteiger partial charge in [-0.05, 0) is 18.6 Å². The van der Waals surface area contributed by atoms with E-state index in [1.807, 2.05) is 6.92 Å². The lowest BCUT2D eigenvalue weighted by atomic mass is 10.1. The van der Waals surface area contributed by atoms with Gasteiger partial charge in [0.25, 0.3) is 0 Å². The Labute approximate surface area is 110 Å². The molecule has 0 saturated carbocycles. The van der Waals surface area contributed by atoms with E-state index in [0.717, 1.165) is 21.6 Å². The maximum Gasteiger partial charge on any atom is 0.129 e. The van der Waals surface area contributed by atoms with E-state index in [9.17, 15) is 8.78 Å². The minimum absolute atomic E-state index is 0.375. The largest absolute Gasteiger partial charge is 0.246 e. The van der Waals surface area contributed by atoms with E-state index in [1.165, 1.54) is 12.1 Å². The molecule has 0 aliphatic carbocycles. The molecule has 0 radical (unpaired) electrons. The molecule has 2 aromatic rings. The summed E-state index contributed by atoms with van der Waals surface area (Å²) in [4.78, 5) is 5.52. The maximum absolute atomic E-state index is 13.6. The molecule has 18 heavy (non-hydrogen) atoms. The smallest absolute Gasteiger partial charge is 0.129 e. The average Bonchev–Trinajstić information content (AvgIpc) is 2.64. The Hall–Kier alpha value is -1.29. The Kier molecular flexibility index (Phi) is 3.76. The van der Waals surface area contributed by atoms with Crippen molar-refractivity contribution in [2.45, 2.75) is 33.1 Å². The van der Waals surface area contributed by atoms with Crippen LogP contribution >= 0.6 is 11.3 Å². The van der Waals surface area contributed by atoms with Crippen LogP contribution in [0.25, 0.3) is 0 Å². The molecule has 2 rings (SSSR count). The Morgan fingerprint density at radius 2 is 2.00 bits per heavy atom. The summed E-state index contributed by atoms with van der Waals surface area (Å²) in [6.45, 7) is 6.10. The van der Waals surface area contributed by atoms with E-state index in [2.05, 4.69) is 18.8 Å². The minimum Gasteiger partial charge on any atom is -0.246 e. The van der Waals surface area contributed by atoms with Crippen LogP contribution in [0.2, 0.25) is 0 Å². The first kappa shape index (κ1) is 13.1. The Morgan fingerprint density at radius 3 is 2.56 bits per heavy atom. The summed E-state index contributed by atoms with van der Waals surface area (Å²) in [5.41, 5.74) is 1.45. The first-order chi connectivity index (χ1) is 8.47. The highest BCUT2D eigenvalue weighted by Crippen LogP contribution is 2.27. The fourth-order valence-electron chi connectivity index (χ4n) is 1.70. The van der Waals surface area contributed by atoms with Crippen molar-refractivity contribution in [1.29, 1.82) is 0 Å². The number of aryl methyl sites for hydroxylation is 1. The number of benzene rings is 1. The molecule has 96 valence electrons. The highest BCUT2D eigenvalue weighted by Gasteiger charge is 2.13. The molecule has 0 aliphatic heterocycles. The molecule has 0 bridgehead atoms. The van der Waals surface area contributed by atoms with Crippen molar-refractivity contribution < 1.29 is 8.78 Å². The van der Waals surface area contributed by atoms with Crippen molar-refractivity contribution in [1.82, 2.24) is 4.98 Å². The molecule has 1 aromatic carbocycles. The third kappa shape index (κ3) is 2.75. The summed E-state index contributed by atoms with van der Waals surface area (Å²) in [6.07, 6.45) is 0.475. The fraction of sp³-hybridized carbons (Fsp3) is 0.357. The molecule has 0 aliphatic rings. The van der Waals surface area contributed by atoms with Crippen LogP contribution < -0.4 is 0 Å². The summed E-state index contributed by atoms with van der Waals surface area (Å²) in [6, 6.07) is 3.71. The van der Waals surface area contributed by atoms with Gasteiger partial charge < -0.3 is 0 Å². The number of hydrogen-bond donors (Lipinski definition) is 0. The lowest BCUT2D eigenvalue weighted by Gasteiger charge is -2.02. The topological polar surface area (TPSA) is 12.9 Å². The second-order valence-electron chi connectivity index (χ2n) is 4.63. The molecular formula is C14H15F2NS. The predicted octanol–water partition coefficient (Wildman–Crippen LogP) is 4.44. The lowest BCUT2D eigenvalue weighted by Crippen LogP contribution is -1.93. The molecule has 0 spiro atoms. The van der Waals surface area contributed by atoms with Crippen molar-refractivity contribution in [2.75, 3.05) is 0 Å². The zero-order valence-electron chi connectivity index (χ0n) is 10.6. The van der Waals surface area contributed by atoms with Gasteiger partial charge in [-0.25, -0.2) is 13.8 Å². The van der Waals surface area contributed by atoms with Crippen LogP contribution in [0.3, 0.4) is 0 Å². The molecule has 0 atom stereocenters. The second kappa shape index (κ2) is 5.14. The van der Waals surface area contributed by atoms with Crippen LogP contribution in [0, 0.1) is 18.6 Å². The molecule has 1 heterocycles. The zero-order chi connectivity index (χ0) is 13.3. The van der Waals surface area contributed by atoms with E-state index in [1.54, 1.807) is 11.3 Å². The predicted molar refractivity (Wildman–Crippen MR) is 70.1 cm³/mol. The first-order valence-electron chi connectivity index (χ1n) is 5.87. The van der Waals surface area contributed by atoms with Crippen LogP contribution in [0.4, 0.5) is 8.78 Å². The van der Waals surface area contributed by atoms with Crippen LogP contribution in [0.15, 0.2) is 18.2 Å². The van der Waals surface area contributed by atoms with Gasteiger partial charge in [-0.15, -0.1) is 11.3 Å². The summed E-state index contributed by atoms with van der Waals surface area (Å²) >= 11 is 1.60. The van der Waals surface area contributed by atoms with Crippen LogP contribution in [0.5, 0.6) is 0 Å². The molecule has 0 fully saturated rings. The highest BCUT2D eigenvalue weighted by atomic mass is 32.1. The monoisotopic (exact) mass is 267 g/mol. The Morgan fingerprint density at radius 1 is 1.28 bits per heavy atom. The molecule has 1 nitrogen and oxygen atoms in total. The van der Waals surface area contributed by atoms with E-state index in [-0.39, 0.29) is 0 Å². The van der Waals surface area contributed by atoms with Crippen molar-refractivity contribution in [3.8, 4) is 0 Å². The van der Waals surface area contributed by atoms with Gasteiger partial charge in [-0.1, -0.05) is 19.9 Å². The van der Waals surface area contributed by atoms with Gasteiger partial charge in [0.05, 0.1) is 10.7 Å². The summed E-state index contributed by atoms with van der Waals surface area (Å²) < 4.78 is 26.4. The first-order valence-corrected chi connectivity index (χ1v) is 6.69. The van der Waals surface area contributed by atoms with Crippen LogP contribution in [-0.4, -0.2) is 4.98 Å². The molecule has 4 heteroatoms. The summed E-state index contributed by atoms with van der Waals surface area (Å²) in [7, 11) is 0. The van der Waals surface area contributed by atoms with E-state index < -0.39 is 11.6 Å². The molecule has 1 aromatic heterocycles. The number of thiazole rings is 1. The van der Waals surface area contributed by atoms with Gasteiger partial charge in [-0.3, -0.25) is 0 Å². The molecular weight excluding hydrogens is 252 g/mol. The minimum atomic E-state index is -0.542. The van der Waals surface area contributed by atoms with Crippen LogP contribution in [0.1, 0.15) is 40.9 Å². The normalized spacial score (nSPS) is 11.2. The summed E-state index contributed by atoms with van der Waals surface area (Å²) in [5, 5.41) is 1.06. The number of hydrogen-bond acceptors (Lipinski definition) is 2. The maximum atomic E-state index is 13.6. The molecule has 0 N–H and O–H groups in total. The molecule has 0 saturated heterocycles. The van der Waals surface area contributed by atoms with Crippen LogP contribution in [-0.2, 0) is 6.42 Å². The van der Waals surface area contributed by atoms with Gasteiger partial charge in [-0.2, -0.15) is 0 Å². The standard InChI is InChI=1S/C14H15F2NS/c1-8(2)14-17-9(3)13(18-14)6-10-4-5-11(15)7-12(10)16/h4-5,7-8H,6H2,1-3H3. The number of rotatable bonds is 3. The Bertz CT molecular complexity index is 561. The van der Waals surface area contributed by atoms with Gasteiger partial charge >= 0.3 is 0 Å². The quantitative estimate of drug-likeness (QED) is 0.801. The van der Waals surface area contributed by atoms with Gasteiger partial charge in [0, 0.05) is 23.3 Å². The van der Waals surface area contributed by atoms with E-state index in [4.69, 9.17) is 0 Å². The lowest BCUT2D eigenvalue weighted by molar-refractivity contribution is 0.575. The molecule has 0 unspecified atom stereocenters. The third-order valence-corrected chi connectivity index (χ3v) is 4.23. The number of halogens is 2. The van der Waals surface area contributed by atoms with Crippen molar-refractivity contribution in [2.24, 2.45) is 0 Å². The van der Waals surface area contributed by atoms with E-state index in [0.29, 0.717) is 17.9 Å². The second-order valence-corrected chi connectivity index (χ2v) is 5.74. The summed E-state index contributed by atoms with van der Waals surface area (Å²) in [5.74, 6) is -0.658. The van der Waals surface area contributed by atoms with Crippen molar-refractivity contribution in [3.63, 3.8) is 0 Å². The van der Waals surface area contributed by atoms with E-state index >= 15 is 0 Å². The fourth-order valence-corrected chi connectivity index (χ4v) is 2.79. The Balaban J connectivity index is 2.28. The highest BCUT2D eigenvalue weighted by molar-refractivity contribution is 7.11. The van der Waals surface area contributed by atoms with Gasteiger partial charge in [0.15, 0.2) is 0 Å². The SMILES string of the molecule is Cc1nc(C(C)C)sc1Cc1ccc(F)cc1F.